The molecule has 0 bridgehead atoms. The van der Waals surface area contributed by atoms with Gasteiger partial charge in [-0.25, -0.2) is 14.5 Å². The molecule has 2 heterocycles. The first-order chi connectivity index (χ1) is 17.0. The minimum absolute atomic E-state index is 0.376. The van der Waals surface area contributed by atoms with E-state index < -0.39 is 0 Å². The molecule has 0 aliphatic carbocycles. The highest BCUT2D eigenvalue weighted by molar-refractivity contribution is 6.07. The van der Waals surface area contributed by atoms with Crippen LogP contribution in [0.3, 0.4) is 0 Å². The number of nitrogens with one attached hydrogen (secondary N) is 2. The lowest BCUT2D eigenvalue weighted by Gasteiger charge is -2.14. The van der Waals surface area contributed by atoms with Crippen LogP contribution in [0.1, 0.15) is 11.3 Å². The number of pyridine rings is 1. The smallest absolute Gasteiger partial charge is 0.324 e. The number of fused-ring (bicyclic) bond motifs is 1. The van der Waals surface area contributed by atoms with Gasteiger partial charge in [-0.05, 0) is 44.2 Å². The number of nitrogens with two attached hydrogens (primary N) is 1. The summed E-state index contributed by atoms with van der Waals surface area (Å²) in [6.07, 6.45) is 1.59. The van der Waals surface area contributed by atoms with Crippen LogP contribution in [-0.4, -0.2) is 20.8 Å². The lowest BCUT2D eigenvalue weighted by molar-refractivity contribution is 0.262. The molecule has 5 aromatic rings. The highest BCUT2D eigenvalue weighted by Crippen LogP contribution is 2.34. The first kappa shape index (κ1) is 22.0. The molecule has 8 nitrogen and oxygen atoms in total. The highest BCUT2D eigenvalue weighted by Gasteiger charge is 2.14. The Bertz CT molecular complexity index is 1530. The Hall–Kier alpha value is -4.85. The Morgan fingerprint density at radius 3 is 2.46 bits per heavy atom. The van der Waals surface area contributed by atoms with Crippen LogP contribution in [0.15, 0.2) is 85.1 Å². The zero-order valence-corrected chi connectivity index (χ0v) is 19.3. The molecular formula is C27H24N6O2. The van der Waals surface area contributed by atoms with Crippen molar-refractivity contribution in [1.29, 1.82) is 0 Å². The molecule has 0 aliphatic rings. The molecule has 8 heteroatoms. The van der Waals surface area contributed by atoms with Gasteiger partial charge in [0, 0.05) is 29.1 Å². The fraction of sp³-hybridized carbons (Fsp3) is 0.0741. The summed E-state index contributed by atoms with van der Waals surface area (Å²) in [6, 6.07) is 24.1. The quantitative estimate of drug-likeness (QED) is 0.293. The largest absolute Gasteiger partial charge is 0.457 e. The number of hydrogen-bond acceptors (Lipinski definition) is 5. The van der Waals surface area contributed by atoms with Crippen molar-refractivity contribution < 1.29 is 9.53 Å². The van der Waals surface area contributed by atoms with Gasteiger partial charge in [0.25, 0.3) is 0 Å². The predicted octanol–water partition coefficient (Wildman–Crippen LogP) is 6.06. The number of hydrogen-bond donors (Lipinski definition) is 3. The van der Waals surface area contributed by atoms with Gasteiger partial charge in [0.1, 0.15) is 23.1 Å². The molecule has 0 atom stereocenters. The number of aryl methyl sites for hydroxylation is 2. The van der Waals surface area contributed by atoms with Crippen molar-refractivity contribution in [2.75, 3.05) is 16.4 Å². The summed E-state index contributed by atoms with van der Waals surface area (Å²) >= 11 is 0. The number of rotatable bonds is 5. The molecule has 0 saturated carbocycles. The van der Waals surface area contributed by atoms with E-state index in [0.717, 1.165) is 27.7 Å². The van der Waals surface area contributed by atoms with Crippen LogP contribution >= 0.6 is 0 Å². The number of carbonyl (C=O) groups is 1. The molecule has 2 aromatic heterocycles. The van der Waals surface area contributed by atoms with Gasteiger partial charge in [-0.15, -0.1) is 0 Å². The summed E-state index contributed by atoms with van der Waals surface area (Å²) in [6.45, 7) is 3.91. The van der Waals surface area contributed by atoms with Gasteiger partial charge in [0.15, 0.2) is 0 Å². The van der Waals surface area contributed by atoms with Crippen molar-refractivity contribution in [1.82, 2.24) is 14.8 Å². The minimum Gasteiger partial charge on any atom is -0.457 e. The second-order valence-electron chi connectivity index (χ2n) is 8.17. The lowest BCUT2D eigenvalue weighted by Crippen LogP contribution is -2.21. The Balaban J connectivity index is 1.40. The van der Waals surface area contributed by atoms with Crippen LogP contribution in [-0.2, 0) is 0 Å². The van der Waals surface area contributed by atoms with E-state index in [2.05, 4.69) is 20.7 Å². The van der Waals surface area contributed by atoms with Crippen LogP contribution < -0.4 is 21.1 Å². The Kier molecular flexibility index (Phi) is 5.76. The summed E-state index contributed by atoms with van der Waals surface area (Å²) in [5.41, 5.74) is 9.23. The second kappa shape index (κ2) is 9.18. The van der Waals surface area contributed by atoms with E-state index in [1.165, 1.54) is 0 Å². The van der Waals surface area contributed by atoms with Gasteiger partial charge in [0.05, 0.1) is 17.1 Å². The van der Waals surface area contributed by atoms with E-state index in [4.69, 9.17) is 10.5 Å². The number of ether oxygens (including phenoxy) is 1. The summed E-state index contributed by atoms with van der Waals surface area (Å²) in [7, 11) is 0. The predicted molar refractivity (Wildman–Crippen MR) is 138 cm³/mol. The zero-order valence-electron chi connectivity index (χ0n) is 19.3. The number of anilines is 3. The first-order valence-electron chi connectivity index (χ1n) is 11.1. The zero-order chi connectivity index (χ0) is 24.4. The van der Waals surface area contributed by atoms with Crippen molar-refractivity contribution in [3.63, 3.8) is 0 Å². The standard InChI is InChI=1S/C27H24N6O2/c1-17-7-9-19(10-8-17)33-26(15-18(2)32-33)31-27(34)30-23-11-12-24(22-6-4-3-5-21(22)23)35-20-13-14-29-25(28)16-20/h3-16H,1-2H3,(H2,28,29)(H2,30,31,34). The first-order valence-corrected chi connectivity index (χ1v) is 11.1. The van der Waals surface area contributed by atoms with Crippen LogP contribution in [0.2, 0.25) is 0 Å². The van der Waals surface area contributed by atoms with Gasteiger partial charge in [-0.3, -0.25) is 5.32 Å². The van der Waals surface area contributed by atoms with Gasteiger partial charge < -0.3 is 15.8 Å². The summed E-state index contributed by atoms with van der Waals surface area (Å²) in [5, 5.41) is 12.1. The van der Waals surface area contributed by atoms with Gasteiger partial charge in [0.2, 0.25) is 0 Å². The van der Waals surface area contributed by atoms with E-state index in [-0.39, 0.29) is 6.03 Å². The molecule has 5 rings (SSSR count). The monoisotopic (exact) mass is 464 g/mol. The normalized spacial score (nSPS) is 10.8. The average Bonchev–Trinajstić information content (AvgIpc) is 3.21. The molecule has 0 fully saturated rings. The van der Waals surface area contributed by atoms with Crippen LogP contribution in [0.5, 0.6) is 11.5 Å². The third-order valence-corrected chi connectivity index (χ3v) is 5.46. The summed E-state index contributed by atoms with van der Waals surface area (Å²) < 4.78 is 7.76. The molecule has 35 heavy (non-hydrogen) atoms. The number of benzene rings is 3. The molecular weight excluding hydrogens is 440 g/mol. The van der Waals surface area contributed by atoms with E-state index >= 15 is 0 Å². The molecule has 4 N–H and O–H groups in total. The number of urea groups is 1. The molecule has 0 spiro atoms. The maximum absolute atomic E-state index is 13.0. The molecule has 2 amide bonds. The van der Waals surface area contributed by atoms with Crippen molar-refractivity contribution >= 4 is 34.1 Å². The Morgan fingerprint density at radius 2 is 1.69 bits per heavy atom. The maximum Gasteiger partial charge on any atom is 0.324 e. The fourth-order valence-electron chi connectivity index (χ4n) is 3.83. The topological polar surface area (TPSA) is 107 Å². The van der Waals surface area contributed by atoms with Crippen molar-refractivity contribution in [3.8, 4) is 17.2 Å². The number of carbonyl (C=O) groups excluding carboxylic acids is 1. The molecule has 0 unspecified atom stereocenters. The van der Waals surface area contributed by atoms with E-state index in [1.807, 2.05) is 80.6 Å². The summed E-state index contributed by atoms with van der Waals surface area (Å²) in [4.78, 5) is 17.0. The van der Waals surface area contributed by atoms with Crippen LogP contribution in [0, 0.1) is 13.8 Å². The van der Waals surface area contributed by atoms with Crippen molar-refractivity contribution in [2.45, 2.75) is 13.8 Å². The number of nitrogens with zero attached hydrogens (tertiary/aromatic N) is 3. The summed E-state index contributed by atoms with van der Waals surface area (Å²) in [5.74, 6) is 2.18. The average molecular weight is 465 g/mol. The van der Waals surface area contributed by atoms with Gasteiger partial charge in [-0.1, -0.05) is 42.0 Å². The number of aromatic nitrogens is 3. The lowest BCUT2D eigenvalue weighted by atomic mass is 10.1. The molecule has 0 radical (unpaired) electrons. The highest BCUT2D eigenvalue weighted by atomic mass is 16.5. The van der Waals surface area contributed by atoms with E-state index in [0.29, 0.717) is 28.8 Å². The van der Waals surface area contributed by atoms with Crippen LogP contribution in [0.4, 0.5) is 22.1 Å². The van der Waals surface area contributed by atoms with Crippen molar-refractivity contribution in [2.24, 2.45) is 0 Å². The Labute approximate surface area is 202 Å². The number of nitrogen functional groups attached to an aromatic ring is 1. The van der Waals surface area contributed by atoms with E-state index in [9.17, 15) is 4.79 Å². The third-order valence-electron chi connectivity index (χ3n) is 5.46. The molecule has 174 valence electrons. The fourth-order valence-corrected chi connectivity index (χ4v) is 3.83. The molecule has 3 aromatic carbocycles. The molecule has 0 aliphatic heterocycles. The van der Waals surface area contributed by atoms with Crippen molar-refractivity contribution in [3.05, 3.63) is 96.3 Å². The van der Waals surface area contributed by atoms with E-state index in [1.54, 1.807) is 23.0 Å². The molecule has 0 saturated heterocycles. The second-order valence-corrected chi connectivity index (χ2v) is 8.17. The minimum atomic E-state index is -0.376. The van der Waals surface area contributed by atoms with Crippen LogP contribution in [0.25, 0.3) is 16.5 Å². The van der Waals surface area contributed by atoms with Gasteiger partial charge in [-0.2, -0.15) is 5.10 Å². The van der Waals surface area contributed by atoms with Gasteiger partial charge >= 0.3 is 6.03 Å². The maximum atomic E-state index is 13.0. The Morgan fingerprint density at radius 1 is 0.914 bits per heavy atom. The number of amides is 2. The third kappa shape index (κ3) is 4.77. The SMILES string of the molecule is Cc1ccc(-n2nc(C)cc2NC(=O)Nc2ccc(Oc3ccnc(N)c3)c3ccccc23)cc1.